The van der Waals surface area contributed by atoms with Crippen LogP contribution in [0.25, 0.3) is 0 Å². The zero-order valence-electron chi connectivity index (χ0n) is 8.44. The lowest BCUT2D eigenvalue weighted by molar-refractivity contribution is 0.146. The van der Waals surface area contributed by atoms with E-state index in [0.717, 1.165) is 0 Å². The number of hydrogen-bond acceptors (Lipinski definition) is 2. The van der Waals surface area contributed by atoms with E-state index in [0.29, 0.717) is 26.2 Å². The zero-order valence-corrected chi connectivity index (χ0v) is 9.20. The van der Waals surface area contributed by atoms with Gasteiger partial charge in [0.05, 0.1) is 0 Å². The fraction of sp³-hybridized carbons (Fsp3) is 0.778. The van der Waals surface area contributed by atoms with Crippen molar-refractivity contribution in [3.63, 3.8) is 0 Å². The third-order valence-corrected chi connectivity index (χ3v) is 3.73. The first-order valence-electron chi connectivity index (χ1n) is 4.85. The molecule has 2 rings (SSSR count). The van der Waals surface area contributed by atoms with Crippen LogP contribution in [0.5, 0.6) is 0 Å². The molecule has 5 nitrogen and oxygen atoms in total. The van der Waals surface area contributed by atoms with Crippen LogP contribution in [0, 0.1) is 11.3 Å². The monoisotopic (exact) mass is 232 g/mol. The lowest BCUT2D eigenvalue weighted by atomic mass is 9.83. The molecule has 2 atom stereocenters. The topological polar surface area (TPSA) is 60.9 Å². The molecule has 0 aromatic rings. The molecule has 0 saturated carbocycles. The highest BCUT2D eigenvalue weighted by Crippen LogP contribution is 2.42. The van der Waals surface area contributed by atoms with E-state index in [1.54, 1.807) is 4.90 Å². The number of halogens is 1. The lowest BCUT2D eigenvalue weighted by Gasteiger charge is -2.22. The molecule has 2 saturated heterocycles. The van der Waals surface area contributed by atoms with Crippen molar-refractivity contribution in [2.45, 2.75) is 6.92 Å². The molecule has 0 aromatic heterocycles. The van der Waals surface area contributed by atoms with Gasteiger partial charge in [-0.15, -0.1) is 0 Å². The molecule has 0 aliphatic carbocycles. The Morgan fingerprint density at radius 3 is 2.33 bits per heavy atom. The summed E-state index contributed by atoms with van der Waals surface area (Å²) in [4.78, 5) is 24.8. The van der Waals surface area contributed by atoms with Crippen molar-refractivity contribution in [1.82, 2.24) is 9.80 Å². The highest BCUT2D eigenvalue weighted by molar-refractivity contribution is 6.62. The normalized spacial score (nSPS) is 34.4. The second-order valence-electron chi connectivity index (χ2n) is 4.65. The average molecular weight is 233 g/mol. The third kappa shape index (κ3) is 1.65. The van der Waals surface area contributed by atoms with E-state index in [1.807, 2.05) is 6.92 Å². The van der Waals surface area contributed by atoms with Crippen molar-refractivity contribution < 1.29 is 14.7 Å². The highest BCUT2D eigenvalue weighted by Gasteiger charge is 2.51. The number of likely N-dealkylation sites (tertiary alicyclic amines) is 2. The standard InChI is InChI=1S/C9H13ClN2O3/c1-9-4-11(7(10)13)2-6(9)3-12(5-9)8(14)15/h6H,2-5H2,1H3,(H,14,15)/t6-,9-/m1/s1. The molecule has 84 valence electrons. The largest absolute Gasteiger partial charge is 0.465 e. The Morgan fingerprint density at radius 2 is 1.87 bits per heavy atom. The molecule has 0 aromatic carbocycles. The summed E-state index contributed by atoms with van der Waals surface area (Å²) < 4.78 is 0. The maximum Gasteiger partial charge on any atom is 0.407 e. The number of nitrogens with zero attached hydrogens (tertiary/aromatic N) is 2. The third-order valence-electron chi connectivity index (χ3n) is 3.49. The van der Waals surface area contributed by atoms with Crippen molar-refractivity contribution in [3.8, 4) is 0 Å². The lowest BCUT2D eigenvalue weighted by Crippen LogP contribution is -2.35. The van der Waals surface area contributed by atoms with E-state index in [9.17, 15) is 9.59 Å². The number of fused-ring (bicyclic) bond motifs is 1. The van der Waals surface area contributed by atoms with Gasteiger partial charge in [-0.1, -0.05) is 6.92 Å². The quantitative estimate of drug-likeness (QED) is 0.506. The van der Waals surface area contributed by atoms with Gasteiger partial charge in [0.15, 0.2) is 0 Å². The van der Waals surface area contributed by atoms with E-state index >= 15 is 0 Å². The molecule has 0 radical (unpaired) electrons. The van der Waals surface area contributed by atoms with Crippen molar-refractivity contribution in [1.29, 1.82) is 0 Å². The second-order valence-corrected chi connectivity index (χ2v) is 4.97. The maximum atomic E-state index is 11.0. The average Bonchev–Trinajstić information content (AvgIpc) is 2.55. The van der Waals surface area contributed by atoms with Gasteiger partial charge in [0, 0.05) is 37.5 Å². The van der Waals surface area contributed by atoms with Crippen LogP contribution < -0.4 is 0 Å². The first-order chi connectivity index (χ1) is 6.92. The van der Waals surface area contributed by atoms with Gasteiger partial charge in [0.1, 0.15) is 0 Å². The van der Waals surface area contributed by atoms with Gasteiger partial charge in [-0.25, -0.2) is 4.79 Å². The first kappa shape index (κ1) is 10.5. The summed E-state index contributed by atoms with van der Waals surface area (Å²) in [6, 6.07) is 0. The van der Waals surface area contributed by atoms with Crippen LogP contribution in [0.1, 0.15) is 6.92 Å². The highest BCUT2D eigenvalue weighted by atomic mass is 35.5. The van der Waals surface area contributed by atoms with Crippen LogP contribution >= 0.6 is 11.6 Å². The number of carboxylic acid groups (broad SMARTS) is 1. The SMILES string of the molecule is C[C@@]12CN(C(=O)O)C[C@H]1CN(C(=O)Cl)C2. The molecule has 2 aliphatic rings. The van der Waals surface area contributed by atoms with Crippen LogP contribution in [0.3, 0.4) is 0 Å². The number of amides is 2. The number of carbonyl (C=O) groups excluding carboxylic acids is 1. The summed E-state index contributed by atoms with van der Waals surface area (Å²) in [5.74, 6) is 0.219. The van der Waals surface area contributed by atoms with Crippen LogP contribution in [0.4, 0.5) is 9.59 Å². The smallest absolute Gasteiger partial charge is 0.407 e. The molecular weight excluding hydrogens is 220 g/mol. The second kappa shape index (κ2) is 3.27. The van der Waals surface area contributed by atoms with Gasteiger partial charge in [-0.3, -0.25) is 4.79 Å². The van der Waals surface area contributed by atoms with Gasteiger partial charge >= 0.3 is 11.5 Å². The number of carbonyl (C=O) groups is 2. The Balaban J connectivity index is 2.09. The van der Waals surface area contributed by atoms with E-state index < -0.39 is 11.5 Å². The molecule has 0 spiro atoms. The number of hydrogen-bond donors (Lipinski definition) is 1. The fourth-order valence-corrected chi connectivity index (χ4v) is 2.75. The molecule has 0 bridgehead atoms. The van der Waals surface area contributed by atoms with Gasteiger partial charge in [0.2, 0.25) is 0 Å². The number of rotatable bonds is 0. The summed E-state index contributed by atoms with van der Waals surface area (Å²) in [6.45, 7) is 4.15. The minimum atomic E-state index is -0.880. The zero-order chi connectivity index (χ0) is 11.2. The molecule has 2 heterocycles. The van der Waals surface area contributed by atoms with Crippen molar-refractivity contribution in [2.24, 2.45) is 11.3 Å². The van der Waals surface area contributed by atoms with E-state index in [4.69, 9.17) is 16.7 Å². The van der Waals surface area contributed by atoms with Gasteiger partial charge < -0.3 is 14.9 Å². The first-order valence-corrected chi connectivity index (χ1v) is 5.22. The van der Waals surface area contributed by atoms with E-state index in [2.05, 4.69) is 0 Å². The van der Waals surface area contributed by atoms with Crippen LogP contribution in [-0.2, 0) is 0 Å². The Labute approximate surface area is 92.6 Å². The van der Waals surface area contributed by atoms with Gasteiger partial charge in [-0.05, 0) is 11.6 Å². The Hall–Kier alpha value is -0.970. The fourth-order valence-electron chi connectivity index (χ4n) is 2.62. The minimum absolute atomic E-state index is 0.122. The van der Waals surface area contributed by atoms with Crippen LogP contribution in [0.2, 0.25) is 0 Å². The molecule has 2 amide bonds. The summed E-state index contributed by atoms with van der Waals surface area (Å²) in [6.07, 6.45) is -0.880. The van der Waals surface area contributed by atoms with Gasteiger partial charge in [-0.2, -0.15) is 0 Å². The van der Waals surface area contributed by atoms with Crippen LogP contribution in [0.15, 0.2) is 0 Å². The Morgan fingerprint density at radius 1 is 1.33 bits per heavy atom. The molecule has 1 N–H and O–H groups in total. The summed E-state index contributed by atoms with van der Waals surface area (Å²) in [5, 5.41) is 8.44. The minimum Gasteiger partial charge on any atom is -0.465 e. The van der Waals surface area contributed by atoms with Crippen molar-refractivity contribution in [3.05, 3.63) is 0 Å². The Kier molecular flexibility index (Phi) is 2.30. The van der Waals surface area contributed by atoms with Gasteiger partial charge in [0.25, 0.3) is 0 Å². The molecule has 2 aliphatic heterocycles. The molecular formula is C9H13ClN2O3. The Bertz CT molecular complexity index is 294. The van der Waals surface area contributed by atoms with Crippen molar-refractivity contribution in [2.75, 3.05) is 26.2 Å². The van der Waals surface area contributed by atoms with E-state index in [-0.39, 0.29) is 11.3 Å². The maximum absolute atomic E-state index is 11.0. The molecule has 6 heteroatoms. The van der Waals surface area contributed by atoms with E-state index in [1.165, 1.54) is 4.90 Å². The summed E-state index contributed by atoms with van der Waals surface area (Å²) in [5.41, 5.74) is -0.122. The van der Waals surface area contributed by atoms with Crippen molar-refractivity contribution >= 4 is 23.1 Å². The summed E-state index contributed by atoms with van der Waals surface area (Å²) in [7, 11) is 0. The predicted molar refractivity (Wildman–Crippen MR) is 54.0 cm³/mol. The summed E-state index contributed by atoms with van der Waals surface area (Å²) >= 11 is 5.41. The predicted octanol–water partition coefficient (Wildman–Crippen LogP) is 1.28. The van der Waals surface area contributed by atoms with Crippen LogP contribution in [-0.4, -0.2) is 52.5 Å². The molecule has 2 fully saturated rings. The molecule has 0 unspecified atom stereocenters. The molecule has 15 heavy (non-hydrogen) atoms.